The van der Waals surface area contributed by atoms with E-state index in [0.717, 1.165) is 44.7 Å². The zero-order chi connectivity index (χ0) is 20.6. The molecule has 0 bridgehead atoms. The lowest BCUT2D eigenvalue weighted by Crippen LogP contribution is -2.36. The van der Waals surface area contributed by atoms with E-state index in [2.05, 4.69) is 21.4 Å². The lowest BCUT2D eigenvalue weighted by Gasteiger charge is -2.17. The van der Waals surface area contributed by atoms with Crippen LogP contribution in [0.5, 0.6) is 0 Å². The van der Waals surface area contributed by atoms with E-state index in [9.17, 15) is 9.59 Å². The summed E-state index contributed by atoms with van der Waals surface area (Å²) in [4.78, 5) is 38.3. The Morgan fingerprint density at radius 1 is 1.23 bits per heavy atom. The van der Waals surface area contributed by atoms with Gasteiger partial charge in [0.2, 0.25) is 0 Å². The SMILES string of the molecule is CN(C)CCN1C(=O)c2c(c3c4c([nH]c3c3c2=C2C=NC=CC2N3)=CC=CC4)C1=O. The maximum atomic E-state index is 13.5. The number of aromatic amines is 1. The fraction of sp³-hybridized carbons (Fsp3) is 0.261. The first-order chi connectivity index (χ1) is 14.6. The number of anilines is 1. The van der Waals surface area contributed by atoms with E-state index in [-0.39, 0.29) is 17.9 Å². The van der Waals surface area contributed by atoms with Crippen molar-refractivity contribution in [3.05, 3.63) is 51.7 Å². The van der Waals surface area contributed by atoms with Gasteiger partial charge in [0.05, 0.1) is 28.4 Å². The van der Waals surface area contributed by atoms with Gasteiger partial charge in [-0.25, -0.2) is 0 Å². The molecule has 1 atom stereocenters. The van der Waals surface area contributed by atoms with Crippen molar-refractivity contribution >= 4 is 46.3 Å². The van der Waals surface area contributed by atoms with Gasteiger partial charge in [-0.15, -0.1) is 0 Å². The number of rotatable bonds is 3. The lowest BCUT2D eigenvalue weighted by atomic mass is 9.94. The maximum absolute atomic E-state index is 13.5. The van der Waals surface area contributed by atoms with Gasteiger partial charge in [0.15, 0.2) is 0 Å². The van der Waals surface area contributed by atoms with Crippen LogP contribution in [0.25, 0.3) is 22.6 Å². The van der Waals surface area contributed by atoms with E-state index >= 15 is 0 Å². The van der Waals surface area contributed by atoms with Crippen molar-refractivity contribution in [2.24, 2.45) is 4.99 Å². The standard InChI is InChI=1S/C23H21N5O2/c1-27(2)9-10-28-22(29)18-16-12-5-3-4-6-14(12)25-20(16)21-17(19(18)23(28)30)13-11-24-8-7-15(13)26-21/h3-4,6-8,11,15,25-26H,5,9-10H2,1-2H3. The Morgan fingerprint density at radius 2 is 2.07 bits per heavy atom. The third-order valence-corrected chi connectivity index (χ3v) is 6.30. The summed E-state index contributed by atoms with van der Waals surface area (Å²) in [6.07, 6.45) is 12.4. The molecule has 6 rings (SSSR count). The van der Waals surface area contributed by atoms with Gasteiger partial charge in [0.25, 0.3) is 11.8 Å². The molecular weight excluding hydrogens is 378 g/mol. The number of carbonyl (C=O) groups excluding carboxylic acids is 2. The van der Waals surface area contributed by atoms with E-state index in [1.165, 1.54) is 4.90 Å². The molecule has 0 spiro atoms. The monoisotopic (exact) mass is 399 g/mol. The topological polar surface area (TPSA) is 80.8 Å². The highest BCUT2D eigenvalue weighted by molar-refractivity contribution is 6.30. The fourth-order valence-electron chi connectivity index (χ4n) is 4.90. The number of hydrogen-bond donors (Lipinski definition) is 2. The summed E-state index contributed by atoms with van der Waals surface area (Å²) < 4.78 is 0. The van der Waals surface area contributed by atoms with Crippen molar-refractivity contribution in [3.8, 4) is 0 Å². The summed E-state index contributed by atoms with van der Waals surface area (Å²) in [5.41, 5.74) is 4.85. The van der Waals surface area contributed by atoms with E-state index in [1.807, 2.05) is 37.2 Å². The van der Waals surface area contributed by atoms with Crippen LogP contribution in [0.4, 0.5) is 5.69 Å². The highest BCUT2D eigenvalue weighted by atomic mass is 16.2. The molecular formula is C23H21N5O2. The summed E-state index contributed by atoms with van der Waals surface area (Å²) in [5, 5.41) is 6.23. The van der Waals surface area contributed by atoms with Gasteiger partial charge in [0.1, 0.15) is 0 Å². The molecule has 150 valence electrons. The molecule has 0 fully saturated rings. The molecule has 1 aliphatic carbocycles. The molecule has 7 heteroatoms. The van der Waals surface area contributed by atoms with E-state index in [4.69, 9.17) is 0 Å². The van der Waals surface area contributed by atoms with Gasteiger partial charge in [-0.1, -0.05) is 12.2 Å². The lowest BCUT2D eigenvalue weighted by molar-refractivity contribution is 0.0645. The summed E-state index contributed by atoms with van der Waals surface area (Å²) in [6, 6.07) is -0.0478. The highest BCUT2D eigenvalue weighted by Gasteiger charge is 2.42. The molecule has 7 nitrogen and oxygen atoms in total. The minimum Gasteiger partial charge on any atom is -0.372 e. The van der Waals surface area contributed by atoms with Crippen LogP contribution in [0.1, 0.15) is 26.3 Å². The number of aliphatic imine (C=N–C) groups is 1. The normalized spacial score (nSPS) is 20.6. The van der Waals surface area contributed by atoms with E-state index < -0.39 is 0 Å². The highest BCUT2D eigenvalue weighted by Crippen LogP contribution is 2.36. The van der Waals surface area contributed by atoms with Crippen LogP contribution in [0.3, 0.4) is 0 Å². The Bertz CT molecular complexity index is 1370. The smallest absolute Gasteiger partial charge is 0.262 e. The second-order valence-corrected chi connectivity index (χ2v) is 8.33. The summed E-state index contributed by atoms with van der Waals surface area (Å²) in [7, 11) is 3.88. The van der Waals surface area contributed by atoms with Crippen LogP contribution in [0.2, 0.25) is 0 Å². The van der Waals surface area contributed by atoms with E-state index in [0.29, 0.717) is 24.2 Å². The zero-order valence-corrected chi connectivity index (χ0v) is 16.8. The predicted molar refractivity (Wildman–Crippen MR) is 117 cm³/mol. The number of hydrogen-bond acceptors (Lipinski definition) is 5. The Kier molecular flexibility index (Phi) is 3.50. The number of imide groups is 1. The maximum Gasteiger partial charge on any atom is 0.262 e. The van der Waals surface area contributed by atoms with Crippen LogP contribution < -0.4 is 15.9 Å². The van der Waals surface area contributed by atoms with Crippen LogP contribution in [0.15, 0.2) is 29.4 Å². The number of nitrogens with zero attached hydrogens (tertiary/aromatic N) is 3. The largest absolute Gasteiger partial charge is 0.372 e. The van der Waals surface area contributed by atoms with Crippen molar-refractivity contribution in [1.29, 1.82) is 0 Å². The number of carbonyl (C=O) groups is 2. The minimum absolute atomic E-state index is 0.0478. The van der Waals surface area contributed by atoms with Gasteiger partial charge in [0, 0.05) is 47.0 Å². The Hall–Kier alpha value is -3.45. The Balaban J connectivity index is 1.71. The van der Waals surface area contributed by atoms with Gasteiger partial charge >= 0.3 is 0 Å². The number of nitrogens with one attached hydrogen (secondary N) is 2. The number of likely N-dealkylation sites (N-methyl/N-ethyl adjacent to an activating group) is 1. The number of fused-ring (bicyclic) bond motifs is 9. The molecule has 2 amide bonds. The van der Waals surface area contributed by atoms with Crippen LogP contribution in [0, 0.1) is 0 Å². The molecule has 4 aliphatic rings. The number of benzene rings is 1. The van der Waals surface area contributed by atoms with Gasteiger partial charge in [-0.2, -0.15) is 0 Å². The van der Waals surface area contributed by atoms with Crippen molar-refractivity contribution in [3.63, 3.8) is 0 Å². The molecule has 3 aliphatic heterocycles. The first-order valence-electron chi connectivity index (χ1n) is 10.1. The summed E-state index contributed by atoms with van der Waals surface area (Å²) >= 11 is 0. The molecule has 2 N–H and O–H groups in total. The van der Waals surface area contributed by atoms with Crippen LogP contribution >= 0.6 is 0 Å². The van der Waals surface area contributed by atoms with E-state index in [1.54, 1.807) is 12.4 Å². The minimum atomic E-state index is -0.210. The quantitative estimate of drug-likeness (QED) is 0.747. The molecule has 1 aromatic carbocycles. The van der Waals surface area contributed by atoms with Crippen LogP contribution in [-0.4, -0.2) is 66.0 Å². The predicted octanol–water partition coefficient (Wildman–Crippen LogP) is 0.761. The number of amides is 2. The van der Waals surface area contributed by atoms with Crippen molar-refractivity contribution in [2.45, 2.75) is 12.5 Å². The summed E-state index contributed by atoms with van der Waals surface area (Å²) in [5.74, 6) is -0.411. The first-order valence-corrected chi connectivity index (χ1v) is 10.1. The molecule has 4 heterocycles. The number of aromatic nitrogens is 1. The molecule has 1 aromatic heterocycles. The molecule has 2 aromatic rings. The average Bonchev–Trinajstić information content (AvgIpc) is 3.37. The van der Waals surface area contributed by atoms with Crippen molar-refractivity contribution in [2.75, 3.05) is 32.5 Å². The summed E-state index contributed by atoms with van der Waals surface area (Å²) in [6.45, 7) is 0.995. The van der Waals surface area contributed by atoms with Crippen molar-refractivity contribution < 1.29 is 9.59 Å². The zero-order valence-electron chi connectivity index (χ0n) is 16.8. The van der Waals surface area contributed by atoms with Gasteiger partial charge < -0.3 is 15.2 Å². The number of H-pyrrole nitrogens is 1. The second-order valence-electron chi connectivity index (χ2n) is 8.33. The molecule has 0 radical (unpaired) electrons. The Labute approximate surface area is 172 Å². The van der Waals surface area contributed by atoms with Gasteiger partial charge in [-0.05, 0) is 38.2 Å². The third kappa shape index (κ3) is 2.15. The molecule has 0 saturated carbocycles. The fourth-order valence-corrected chi connectivity index (χ4v) is 4.90. The molecule has 30 heavy (non-hydrogen) atoms. The molecule has 1 unspecified atom stereocenters. The van der Waals surface area contributed by atoms with Gasteiger partial charge in [-0.3, -0.25) is 19.5 Å². The van der Waals surface area contributed by atoms with Crippen LogP contribution in [-0.2, 0) is 6.42 Å². The number of allylic oxidation sites excluding steroid dienone is 2. The van der Waals surface area contributed by atoms with Crippen molar-refractivity contribution in [1.82, 2.24) is 14.8 Å². The first kappa shape index (κ1) is 17.4. The average molecular weight is 399 g/mol. The Morgan fingerprint density at radius 3 is 2.90 bits per heavy atom. The molecule has 0 saturated heterocycles. The third-order valence-electron chi connectivity index (χ3n) is 6.30. The second kappa shape index (κ2) is 6.03.